The summed E-state index contributed by atoms with van der Waals surface area (Å²) in [4.78, 5) is 37.8. The first kappa shape index (κ1) is 55.2. The van der Waals surface area contributed by atoms with E-state index in [0.29, 0.717) is 19.3 Å². The summed E-state index contributed by atoms with van der Waals surface area (Å²) in [6.45, 7) is 6.60. The van der Waals surface area contributed by atoms with Crippen LogP contribution in [0, 0.1) is 0 Å². The first-order valence-corrected chi connectivity index (χ1v) is 25.2. The van der Waals surface area contributed by atoms with E-state index in [2.05, 4.69) is 32.9 Å². The Hall–Kier alpha value is -1.85. The molecule has 0 fully saturated rings. The van der Waals surface area contributed by atoms with Gasteiger partial charge >= 0.3 is 17.9 Å². The monoisotopic (exact) mass is 805 g/mol. The minimum Gasteiger partial charge on any atom is -0.462 e. The van der Waals surface area contributed by atoms with E-state index in [-0.39, 0.29) is 31.1 Å². The van der Waals surface area contributed by atoms with Crippen molar-refractivity contribution in [2.24, 2.45) is 0 Å². The smallest absolute Gasteiger partial charge is 0.306 e. The number of unbranched alkanes of at least 4 members (excludes halogenated alkanes) is 33. The Kier molecular flexibility index (Phi) is 45.3. The summed E-state index contributed by atoms with van der Waals surface area (Å²) in [5.41, 5.74) is 0. The minimum absolute atomic E-state index is 0.0674. The fourth-order valence-corrected chi connectivity index (χ4v) is 7.45. The van der Waals surface area contributed by atoms with Crippen molar-refractivity contribution in [2.45, 2.75) is 284 Å². The van der Waals surface area contributed by atoms with Crippen molar-refractivity contribution in [1.29, 1.82) is 0 Å². The molecule has 0 aliphatic rings. The summed E-state index contributed by atoms with van der Waals surface area (Å²) in [6, 6.07) is 0. The number of hydrogen-bond acceptors (Lipinski definition) is 6. The molecule has 1 atom stereocenters. The van der Waals surface area contributed by atoms with Gasteiger partial charge in [0, 0.05) is 19.3 Å². The van der Waals surface area contributed by atoms with Gasteiger partial charge in [-0.2, -0.15) is 0 Å². The van der Waals surface area contributed by atoms with Gasteiger partial charge in [-0.05, 0) is 38.5 Å². The second-order valence-electron chi connectivity index (χ2n) is 17.1. The zero-order valence-corrected chi connectivity index (χ0v) is 38.4. The molecule has 57 heavy (non-hydrogen) atoms. The van der Waals surface area contributed by atoms with Crippen molar-refractivity contribution < 1.29 is 28.6 Å². The van der Waals surface area contributed by atoms with Crippen LogP contribution in [0.15, 0.2) is 12.2 Å². The van der Waals surface area contributed by atoms with Crippen molar-refractivity contribution in [3.63, 3.8) is 0 Å². The van der Waals surface area contributed by atoms with Crippen LogP contribution in [-0.2, 0) is 28.6 Å². The third kappa shape index (κ3) is 45.1. The molecule has 0 radical (unpaired) electrons. The van der Waals surface area contributed by atoms with Crippen LogP contribution in [0.2, 0.25) is 0 Å². The second-order valence-corrected chi connectivity index (χ2v) is 17.1. The molecule has 6 nitrogen and oxygen atoms in total. The number of esters is 3. The molecule has 0 saturated heterocycles. The van der Waals surface area contributed by atoms with Crippen molar-refractivity contribution in [3.8, 4) is 0 Å². The summed E-state index contributed by atoms with van der Waals surface area (Å²) in [5.74, 6) is -0.863. The molecular formula is C51H96O6. The Morgan fingerprint density at radius 3 is 0.947 bits per heavy atom. The van der Waals surface area contributed by atoms with Gasteiger partial charge < -0.3 is 14.2 Å². The second kappa shape index (κ2) is 46.8. The SMILES string of the molecule is CCC/C=C\CCCCCCCC(=O)OCC(COC(=O)CCCCCCCCCCCCCCCCC)OC(=O)CCCCCCCCCCCCCCCC. The van der Waals surface area contributed by atoms with E-state index in [4.69, 9.17) is 14.2 Å². The Balaban J connectivity index is 4.30. The summed E-state index contributed by atoms with van der Waals surface area (Å²) in [7, 11) is 0. The van der Waals surface area contributed by atoms with Gasteiger partial charge in [-0.1, -0.05) is 232 Å². The third-order valence-electron chi connectivity index (χ3n) is 11.3. The average Bonchev–Trinajstić information content (AvgIpc) is 3.21. The highest BCUT2D eigenvalue weighted by Gasteiger charge is 2.19. The zero-order chi connectivity index (χ0) is 41.5. The van der Waals surface area contributed by atoms with E-state index in [1.54, 1.807) is 0 Å². The fraction of sp³-hybridized carbons (Fsp3) is 0.902. The maximum atomic E-state index is 12.8. The molecule has 0 bridgehead atoms. The number of hydrogen-bond donors (Lipinski definition) is 0. The molecular weight excluding hydrogens is 709 g/mol. The lowest BCUT2D eigenvalue weighted by Crippen LogP contribution is -2.30. The Morgan fingerprint density at radius 1 is 0.333 bits per heavy atom. The van der Waals surface area contributed by atoms with Gasteiger partial charge in [0.1, 0.15) is 13.2 Å². The van der Waals surface area contributed by atoms with Crippen LogP contribution in [0.25, 0.3) is 0 Å². The average molecular weight is 805 g/mol. The van der Waals surface area contributed by atoms with Gasteiger partial charge in [-0.15, -0.1) is 0 Å². The molecule has 0 spiro atoms. The van der Waals surface area contributed by atoms with Crippen molar-refractivity contribution in [3.05, 3.63) is 12.2 Å². The zero-order valence-electron chi connectivity index (χ0n) is 38.4. The number of carbonyl (C=O) groups excluding carboxylic acids is 3. The van der Waals surface area contributed by atoms with Crippen molar-refractivity contribution in [2.75, 3.05) is 13.2 Å². The summed E-state index contributed by atoms with van der Waals surface area (Å²) in [5, 5.41) is 0. The van der Waals surface area contributed by atoms with E-state index in [0.717, 1.165) is 70.6 Å². The molecule has 0 amide bonds. The molecule has 0 N–H and O–H groups in total. The quantitative estimate of drug-likeness (QED) is 0.0264. The standard InChI is InChI=1S/C51H96O6/c1-4-7-10-13-16-19-22-24-26-28-29-32-35-38-41-44-50(53)56-47-48(46-55-49(52)43-40-37-34-31-21-18-15-12-9-6-3)57-51(54)45-42-39-36-33-30-27-25-23-20-17-14-11-8-5-2/h12,15,48H,4-11,13-14,16-47H2,1-3H3/b15-12-. The summed E-state index contributed by atoms with van der Waals surface area (Å²) < 4.78 is 16.8. The van der Waals surface area contributed by atoms with E-state index < -0.39 is 6.10 Å². The van der Waals surface area contributed by atoms with Gasteiger partial charge in [0.15, 0.2) is 6.10 Å². The molecule has 6 heteroatoms. The molecule has 0 heterocycles. The van der Waals surface area contributed by atoms with Crippen LogP contribution in [0.4, 0.5) is 0 Å². The van der Waals surface area contributed by atoms with E-state index in [1.165, 1.54) is 167 Å². The van der Waals surface area contributed by atoms with Crippen LogP contribution in [0.1, 0.15) is 278 Å². The number of carbonyl (C=O) groups is 3. The van der Waals surface area contributed by atoms with E-state index in [1.807, 2.05) is 0 Å². The largest absolute Gasteiger partial charge is 0.462 e. The lowest BCUT2D eigenvalue weighted by molar-refractivity contribution is -0.167. The normalized spacial score (nSPS) is 12.0. The van der Waals surface area contributed by atoms with Gasteiger partial charge in [0.05, 0.1) is 0 Å². The minimum atomic E-state index is -0.765. The number of allylic oxidation sites excluding steroid dienone is 2. The molecule has 0 aliphatic heterocycles. The predicted octanol–water partition coefficient (Wildman–Crippen LogP) is 16.2. The Bertz CT molecular complexity index is 885. The highest BCUT2D eigenvalue weighted by atomic mass is 16.6. The fourth-order valence-electron chi connectivity index (χ4n) is 7.45. The van der Waals surface area contributed by atoms with Gasteiger partial charge in [-0.3, -0.25) is 14.4 Å². The lowest BCUT2D eigenvalue weighted by atomic mass is 10.0. The third-order valence-corrected chi connectivity index (χ3v) is 11.3. The molecule has 0 aromatic rings. The van der Waals surface area contributed by atoms with Crippen LogP contribution < -0.4 is 0 Å². The highest BCUT2D eigenvalue weighted by Crippen LogP contribution is 2.16. The lowest BCUT2D eigenvalue weighted by Gasteiger charge is -2.18. The molecule has 0 aromatic carbocycles. The molecule has 0 aromatic heterocycles. The predicted molar refractivity (Wildman–Crippen MR) is 243 cm³/mol. The first-order chi connectivity index (χ1) is 28.0. The highest BCUT2D eigenvalue weighted by molar-refractivity contribution is 5.71. The van der Waals surface area contributed by atoms with Crippen molar-refractivity contribution in [1.82, 2.24) is 0 Å². The Morgan fingerprint density at radius 2 is 0.614 bits per heavy atom. The molecule has 0 rings (SSSR count). The van der Waals surface area contributed by atoms with E-state index >= 15 is 0 Å². The maximum Gasteiger partial charge on any atom is 0.306 e. The number of ether oxygens (including phenoxy) is 3. The van der Waals surface area contributed by atoms with Gasteiger partial charge in [0.25, 0.3) is 0 Å². The van der Waals surface area contributed by atoms with Crippen molar-refractivity contribution >= 4 is 17.9 Å². The molecule has 336 valence electrons. The van der Waals surface area contributed by atoms with Crippen LogP contribution in [0.3, 0.4) is 0 Å². The number of rotatable bonds is 46. The van der Waals surface area contributed by atoms with Gasteiger partial charge in [-0.25, -0.2) is 0 Å². The topological polar surface area (TPSA) is 78.9 Å². The van der Waals surface area contributed by atoms with Crippen LogP contribution in [0.5, 0.6) is 0 Å². The van der Waals surface area contributed by atoms with Crippen LogP contribution >= 0.6 is 0 Å². The summed E-state index contributed by atoms with van der Waals surface area (Å²) in [6.07, 6.45) is 50.5. The Labute approximate surface area is 354 Å². The first-order valence-electron chi connectivity index (χ1n) is 25.2. The molecule has 1 unspecified atom stereocenters. The van der Waals surface area contributed by atoms with E-state index in [9.17, 15) is 14.4 Å². The van der Waals surface area contributed by atoms with Crippen LogP contribution in [-0.4, -0.2) is 37.2 Å². The summed E-state index contributed by atoms with van der Waals surface area (Å²) >= 11 is 0. The van der Waals surface area contributed by atoms with Gasteiger partial charge in [0.2, 0.25) is 0 Å². The molecule has 0 saturated carbocycles. The maximum absolute atomic E-state index is 12.8. The molecule has 0 aliphatic carbocycles.